The molecule has 1 aromatic heterocycles. The molecule has 1 aliphatic rings. The zero-order valence-corrected chi connectivity index (χ0v) is 14.0. The van der Waals surface area contributed by atoms with Crippen molar-refractivity contribution in [2.75, 3.05) is 19.6 Å². The molecule has 20 heavy (non-hydrogen) atoms. The first-order valence-corrected chi connectivity index (χ1v) is 7.27. The average Bonchev–Trinajstić information content (AvgIpc) is 2.93. The van der Waals surface area contributed by atoms with Gasteiger partial charge in [0, 0.05) is 6.54 Å². The first-order chi connectivity index (χ1) is 8.68. The van der Waals surface area contributed by atoms with Crippen molar-refractivity contribution in [3.05, 3.63) is 29.3 Å². The molecule has 3 rings (SSSR count). The molecule has 1 aliphatic heterocycles. The number of nitrogens with two attached hydrogens (primary N) is 1. The predicted molar refractivity (Wildman–Crippen MR) is 91.2 cm³/mol. The van der Waals surface area contributed by atoms with E-state index in [1.807, 2.05) is 17.4 Å². The molecule has 112 valence electrons. The maximum absolute atomic E-state index is 5.85. The third-order valence-corrected chi connectivity index (χ3v) is 4.85. The van der Waals surface area contributed by atoms with Crippen LogP contribution in [0.15, 0.2) is 24.3 Å². The van der Waals surface area contributed by atoms with E-state index in [1.54, 1.807) is 0 Å². The van der Waals surface area contributed by atoms with Gasteiger partial charge in [0.1, 0.15) is 5.01 Å². The van der Waals surface area contributed by atoms with E-state index in [-0.39, 0.29) is 24.8 Å². The third kappa shape index (κ3) is 3.62. The quantitative estimate of drug-likeness (QED) is 0.936. The number of aromatic nitrogens is 1. The molecule has 0 saturated carbocycles. The van der Waals surface area contributed by atoms with Gasteiger partial charge in [-0.05, 0) is 37.1 Å². The molecule has 0 amide bonds. The van der Waals surface area contributed by atoms with Crippen LogP contribution in [0, 0.1) is 5.41 Å². The molecule has 1 aromatic carbocycles. The highest BCUT2D eigenvalue weighted by atomic mass is 35.5. The summed E-state index contributed by atoms with van der Waals surface area (Å²) in [5.74, 6) is 0. The molecule has 3 nitrogen and oxygen atoms in total. The second-order valence-corrected chi connectivity index (χ2v) is 6.67. The van der Waals surface area contributed by atoms with Crippen molar-refractivity contribution in [2.24, 2.45) is 11.1 Å². The van der Waals surface area contributed by atoms with Crippen LogP contribution >= 0.6 is 36.2 Å². The Morgan fingerprint density at radius 2 is 2.10 bits per heavy atom. The fraction of sp³-hybridized carbons (Fsp3) is 0.500. The minimum atomic E-state index is 0. The van der Waals surface area contributed by atoms with Crippen LogP contribution in [0.4, 0.5) is 0 Å². The molecule has 0 aliphatic carbocycles. The van der Waals surface area contributed by atoms with Crippen LogP contribution in [0.1, 0.15) is 18.4 Å². The van der Waals surface area contributed by atoms with Crippen molar-refractivity contribution < 1.29 is 0 Å². The lowest BCUT2D eigenvalue weighted by Crippen LogP contribution is -2.31. The van der Waals surface area contributed by atoms with E-state index in [9.17, 15) is 0 Å². The molecule has 0 bridgehead atoms. The van der Waals surface area contributed by atoms with Crippen molar-refractivity contribution >= 4 is 46.4 Å². The van der Waals surface area contributed by atoms with E-state index in [1.165, 1.54) is 16.1 Å². The predicted octanol–water partition coefficient (Wildman–Crippen LogP) is 3.31. The Hall–Kier alpha value is -0.390. The summed E-state index contributed by atoms with van der Waals surface area (Å²) in [6.45, 7) is 6.27. The van der Waals surface area contributed by atoms with Gasteiger partial charge in [-0.25, -0.2) is 4.98 Å². The van der Waals surface area contributed by atoms with Crippen LogP contribution in [0.2, 0.25) is 0 Å². The van der Waals surface area contributed by atoms with Crippen molar-refractivity contribution in [2.45, 2.75) is 19.9 Å². The molecule has 0 radical (unpaired) electrons. The Kier molecular flexibility index (Phi) is 6.23. The summed E-state index contributed by atoms with van der Waals surface area (Å²) in [5, 5.41) is 1.22. The van der Waals surface area contributed by atoms with Gasteiger partial charge in [0.25, 0.3) is 0 Å². The number of nitrogens with zero attached hydrogens (tertiary/aromatic N) is 2. The third-order valence-electron chi connectivity index (χ3n) is 3.83. The molecule has 1 unspecified atom stereocenters. The van der Waals surface area contributed by atoms with E-state index < -0.39 is 0 Å². The summed E-state index contributed by atoms with van der Waals surface area (Å²) in [6.07, 6.45) is 1.20. The van der Waals surface area contributed by atoms with Gasteiger partial charge in [-0.15, -0.1) is 36.2 Å². The monoisotopic (exact) mass is 333 g/mol. The summed E-state index contributed by atoms with van der Waals surface area (Å²) in [5.41, 5.74) is 7.27. The summed E-state index contributed by atoms with van der Waals surface area (Å²) >= 11 is 1.81. The minimum absolute atomic E-state index is 0. The molecule has 1 atom stereocenters. The normalized spacial score (nSPS) is 22.5. The standard InChI is InChI=1S/C14H19N3S.2ClH/c1-14(9-15)6-7-17(10-14)8-13-16-11-4-2-3-5-12(11)18-13;;/h2-5H,6-10,15H2,1H3;2*1H. The smallest absolute Gasteiger partial charge is 0.108 e. The molecule has 2 heterocycles. The van der Waals surface area contributed by atoms with Gasteiger partial charge in [0.05, 0.1) is 16.8 Å². The fourth-order valence-corrected chi connectivity index (χ4v) is 3.62. The van der Waals surface area contributed by atoms with E-state index >= 15 is 0 Å². The maximum atomic E-state index is 5.85. The van der Waals surface area contributed by atoms with E-state index in [2.05, 4.69) is 30.0 Å². The first kappa shape index (κ1) is 17.7. The molecule has 1 saturated heterocycles. The van der Waals surface area contributed by atoms with Crippen LogP contribution in [0.25, 0.3) is 10.2 Å². The minimum Gasteiger partial charge on any atom is -0.330 e. The zero-order valence-electron chi connectivity index (χ0n) is 11.5. The highest BCUT2D eigenvalue weighted by Crippen LogP contribution is 2.30. The van der Waals surface area contributed by atoms with E-state index in [4.69, 9.17) is 10.7 Å². The van der Waals surface area contributed by atoms with Gasteiger partial charge < -0.3 is 5.73 Å². The number of fused-ring (bicyclic) bond motifs is 1. The SMILES string of the molecule is CC1(CN)CCN(Cc2nc3ccccc3s2)C1.Cl.Cl. The van der Waals surface area contributed by atoms with Gasteiger partial charge in [-0.2, -0.15) is 0 Å². The number of rotatable bonds is 3. The van der Waals surface area contributed by atoms with Gasteiger partial charge in [0.2, 0.25) is 0 Å². The number of benzene rings is 1. The Labute approximate surface area is 136 Å². The molecule has 1 fully saturated rings. The average molecular weight is 334 g/mol. The van der Waals surface area contributed by atoms with Gasteiger partial charge in [-0.3, -0.25) is 4.90 Å². The van der Waals surface area contributed by atoms with Gasteiger partial charge in [0.15, 0.2) is 0 Å². The van der Waals surface area contributed by atoms with Crippen molar-refractivity contribution in [1.29, 1.82) is 0 Å². The Morgan fingerprint density at radius 3 is 2.75 bits per heavy atom. The lowest BCUT2D eigenvalue weighted by atomic mass is 9.90. The summed E-state index contributed by atoms with van der Waals surface area (Å²) in [4.78, 5) is 7.17. The lowest BCUT2D eigenvalue weighted by molar-refractivity contribution is 0.274. The number of para-hydroxylation sites is 1. The Morgan fingerprint density at radius 1 is 1.35 bits per heavy atom. The number of likely N-dealkylation sites (tertiary alicyclic amines) is 1. The second kappa shape index (κ2) is 7.05. The molecule has 2 aromatic rings. The molecule has 0 spiro atoms. The van der Waals surface area contributed by atoms with Gasteiger partial charge in [-0.1, -0.05) is 19.1 Å². The van der Waals surface area contributed by atoms with Crippen LogP contribution in [0.5, 0.6) is 0 Å². The van der Waals surface area contributed by atoms with Crippen molar-refractivity contribution in [3.8, 4) is 0 Å². The highest BCUT2D eigenvalue weighted by Gasteiger charge is 2.32. The topological polar surface area (TPSA) is 42.1 Å². The number of halogens is 2. The number of hydrogen-bond acceptors (Lipinski definition) is 4. The zero-order chi connectivity index (χ0) is 12.6. The second-order valence-electron chi connectivity index (χ2n) is 5.55. The lowest BCUT2D eigenvalue weighted by Gasteiger charge is -2.21. The number of hydrogen-bond donors (Lipinski definition) is 1. The van der Waals surface area contributed by atoms with Crippen LogP contribution in [0.3, 0.4) is 0 Å². The summed E-state index contributed by atoms with van der Waals surface area (Å²) < 4.78 is 1.29. The highest BCUT2D eigenvalue weighted by molar-refractivity contribution is 7.18. The number of thiazole rings is 1. The Balaban J connectivity index is 0.000001000. The van der Waals surface area contributed by atoms with E-state index in [0.29, 0.717) is 5.41 Å². The van der Waals surface area contributed by atoms with Gasteiger partial charge >= 0.3 is 0 Å². The molecular formula is C14H21Cl2N3S. The summed E-state index contributed by atoms with van der Waals surface area (Å²) in [7, 11) is 0. The summed E-state index contributed by atoms with van der Waals surface area (Å²) in [6, 6.07) is 8.35. The van der Waals surface area contributed by atoms with Crippen LogP contribution in [-0.4, -0.2) is 29.5 Å². The van der Waals surface area contributed by atoms with Crippen LogP contribution < -0.4 is 5.73 Å². The first-order valence-electron chi connectivity index (χ1n) is 6.45. The Bertz CT molecular complexity index is 527. The van der Waals surface area contributed by atoms with E-state index in [0.717, 1.165) is 31.7 Å². The molecule has 6 heteroatoms. The molecule has 2 N–H and O–H groups in total. The van der Waals surface area contributed by atoms with Crippen molar-refractivity contribution in [3.63, 3.8) is 0 Å². The largest absolute Gasteiger partial charge is 0.330 e. The maximum Gasteiger partial charge on any atom is 0.108 e. The van der Waals surface area contributed by atoms with Crippen LogP contribution in [-0.2, 0) is 6.54 Å². The fourth-order valence-electron chi connectivity index (χ4n) is 2.61. The molecular weight excluding hydrogens is 313 g/mol. The van der Waals surface area contributed by atoms with Crippen molar-refractivity contribution in [1.82, 2.24) is 9.88 Å².